The number of unbranched alkanes of at least 4 members (excludes halogenated alkanes) is 2. The fraction of sp³-hybridized carbons (Fsp3) is 0.870. The van der Waals surface area contributed by atoms with Gasteiger partial charge in [0.1, 0.15) is 85.5 Å². The lowest BCUT2D eigenvalue weighted by atomic mass is 9.98. The number of ether oxygens (including phenoxy) is 6. The van der Waals surface area contributed by atoms with E-state index in [4.69, 9.17) is 60.3 Å². The lowest BCUT2D eigenvalue weighted by Gasteiger charge is -2.41. The number of carbonyl (C=O) groups excluding carboxylic acids is 6. The van der Waals surface area contributed by atoms with E-state index in [1.54, 1.807) is 13.8 Å². The molecule has 0 aromatic rings. The Balaban J connectivity index is -0.000000240. The van der Waals surface area contributed by atoms with Crippen LogP contribution in [0.1, 0.15) is 55.2 Å². The van der Waals surface area contributed by atoms with Gasteiger partial charge in [0.15, 0.2) is 24.7 Å². The zero-order valence-electron chi connectivity index (χ0n) is 46.8. The van der Waals surface area contributed by atoms with E-state index < -0.39 is 148 Å². The lowest BCUT2D eigenvalue weighted by Crippen LogP contribution is -2.64. The van der Waals surface area contributed by atoms with Crippen LogP contribution in [0, 0.1) is 0 Å². The van der Waals surface area contributed by atoms with Crippen molar-refractivity contribution in [3.05, 3.63) is 0 Å². The molecule has 8 unspecified atom stereocenters. The molecule has 6 amide bonds. The third kappa shape index (κ3) is 31.1. The van der Waals surface area contributed by atoms with Crippen molar-refractivity contribution in [2.24, 2.45) is 11.5 Å². The lowest BCUT2D eigenvalue weighted by molar-refractivity contribution is -0.242. The average molecular weight is 1330 g/mol. The molecule has 0 aliphatic carbocycles. The summed E-state index contributed by atoms with van der Waals surface area (Å²) < 4.78 is 29.9. The summed E-state index contributed by atoms with van der Waals surface area (Å²) in [5.74, 6) is -2.78. The van der Waals surface area contributed by atoms with Gasteiger partial charge in [-0.3, -0.25) is 33.5 Å². The van der Waals surface area contributed by atoms with Crippen molar-refractivity contribution in [3.63, 3.8) is 0 Å². The van der Waals surface area contributed by atoms with Gasteiger partial charge in [-0.05, 0) is 25.7 Å². The SMILES string of the molecule is CCC(=O)NCCCCNC(=O)C(O)[C@@H](O)[C@H](OC)C(O)CO.CCC(=O)N[C@@H]1OC(CO)[C@@H](OC)[C@H](O)C1O.CO[C@@H]1C(CO)O[C@@H](NC(=O)CN)C(O)[C@H]1O.CO[C@H](C(O)CO)[C@H](O)C(O)C(=O)NCCCCNC(=O)CN.F.I.[2HH].[HH]. The second-order valence-corrected chi connectivity index (χ2v) is 17.6. The molecule has 2 fully saturated rings. The number of nitrogens with two attached hydrogens (primary N) is 2. The third-order valence-electron chi connectivity index (χ3n) is 11.9. The van der Waals surface area contributed by atoms with Crippen molar-refractivity contribution in [2.75, 3.05) is 94.1 Å². The van der Waals surface area contributed by atoms with Gasteiger partial charge >= 0.3 is 0 Å². The molecule has 2 aliphatic rings. The number of rotatable bonds is 32. The van der Waals surface area contributed by atoms with Crippen LogP contribution in [0.15, 0.2) is 0 Å². The van der Waals surface area contributed by atoms with E-state index >= 15 is 0 Å². The van der Waals surface area contributed by atoms with Gasteiger partial charge in [-0.1, -0.05) is 13.8 Å². The predicted molar refractivity (Wildman–Crippen MR) is 297 cm³/mol. The van der Waals surface area contributed by atoms with Crippen LogP contribution < -0.4 is 43.4 Å². The number of carbonyl (C=O) groups is 6. The minimum Gasteiger partial charge on any atom is -0.394 e. The van der Waals surface area contributed by atoms with Gasteiger partial charge in [0.25, 0.3) is 11.8 Å². The topological polar surface area (TPSA) is 565 Å². The van der Waals surface area contributed by atoms with Gasteiger partial charge in [0.05, 0.1) is 39.5 Å². The van der Waals surface area contributed by atoms with Crippen LogP contribution in [-0.2, 0) is 57.2 Å². The fourth-order valence-corrected chi connectivity index (χ4v) is 7.18. The second-order valence-electron chi connectivity index (χ2n) is 17.6. The molecule has 0 spiro atoms. The highest BCUT2D eigenvalue weighted by molar-refractivity contribution is 14.0. The standard InChI is InChI=1S/C14H28N2O7.C13H27N3O7.C10H19NO6.C9H18N2O6.FH.HI.2H2/c1-3-10(19)15-6-4-5-7-16-14(22)12(21)11(20)13(23-2)9(18)8-17;1-23-12(8(18)7-17)10(20)11(21)13(22)16-5-3-2-4-15-9(19)6-14;1-3-6(13)11-10-8(15)7(14)9(16-2)5(4-12)17-10;1-16-8-4(3-12)17-9(7(15)6(8)14)11-5(13)2-10;;;;/h9,11-13,17-18,20-21H,3-8H2,1-2H3,(H,15,19)(H,16,22);8,10-12,17-18,20-21H,2-7,14H2,1H3,(H,15,19)(H,16,22);5,7-10,12,14-15H,3-4H2,1-2H3,(H,11,13);4,6-9,12,14-15H,2-3,10H2,1H3,(H,11,13);4*1H/t9?,11-,12?,13-;8?,10-,11?,12-;5?,7-,8?,9-,10-;4?,6-,7?,8-,9-;;;;/m1111..../s1/i;;;;;;1+1;. The van der Waals surface area contributed by atoms with Crippen LogP contribution >= 0.6 is 24.0 Å². The highest BCUT2D eigenvalue weighted by Crippen LogP contribution is 2.23. The largest absolute Gasteiger partial charge is 0.394 e. The van der Waals surface area contributed by atoms with Gasteiger partial charge in [0.2, 0.25) is 23.6 Å². The maximum absolute atomic E-state index is 11.7. The number of halogens is 2. The summed E-state index contributed by atoms with van der Waals surface area (Å²) in [5.41, 5.74) is 10.2. The zero-order valence-corrected chi connectivity index (χ0v) is 49.2. The Hall–Kier alpha value is -3.40. The first kappa shape index (κ1) is 85.0. The van der Waals surface area contributed by atoms with Gasteiger partial charge in [0, 0.05) is 70.3 Å². The highest BCUT2D eigenvalue weighted by Gasteiger charge is 2.46. The Morgan fingerprint density at radius 1 is 0.524 bits per heavy atom. The number of nitrogens with one attached hydrogen (secondary N) is 6. The van der Waals surface area contributed by atoms with Crippen LogP contribution in [0.5, 0.6) is 0 Å². The van der Waals surface area contributed by atoms with E-state index in [0.29, 0.717) is 45.2 Å². The summed E-state index contributed by atoms with van der Waals surface area (Å²) in [5, 5.41) is 148. The molecular weight excluding hydrogens is 1230 g/mol. The summed E-state index contributed by atoms with van der Waals surface area (Å²) >= 11 is 0. The number of aliphatic hydroxyl groups is 14. The minimum absolute atomic E-state index is 0. The summed E-state index contributed by atoms with van der Waals surface area (Å²) in [6.45, 7) is 2.36. The number of aliphatic hydroxyl groups excluding tert-OH is 14. The molecule has 0 saturated carbocycles. The molecule has 2 rings (SSSR count). The molecule has 2 heterocycles. The normalized spacial score (nSPS) is 24.8. The highest BCUT2D eigenvalue weighted by atomic mass is 127. The first-order chi connectivity index (χ1) is 37.9. The summed E-state index contributed by atoms with van der Waals surface area (Å²) in [7, 11) is 5.03. The zero-order chi connectivity index (χ0) is 61.7. The molecule has 0 aromatic heterocycles. The van der Waals surface area contributed by atoms with E-state index in [2.05, 4.69) is 31.9 Å². The van der Waals surface area contributed by atoms with Gasteiger partial charge in [-0.15, -0.1) is 24.0 Å². The van der Waals surface area contributed by atoms with E-state index in [1.807, 2.05) is 0 Å². The Morgan fingerprint density at radius 3 is 1.12 bits per heavy atom. The fourth-order valence-electron chi connectivity index (χ4n) is 7.18. The van der Waals surface area contributed by atoms with Crippen molar-refractivity contribution in [1.29, 1.82) is 0 Å². The molecule has 2 saturated heterocycles. The molecule has 492 valence electrons. The molecule has 0 aromatic carbocycles. The molecule has 2 aliphatic heterocycles. The van der Waals surface area contributed by atoms with Gasteiger partial charge in [-0.25, -0.2) is 0 Å². The van der Waals surface area contributed by atoms with E-state index in [0.717, 1.165) is 0 Å². The van der Waals surface area contributed by atoms with Crippen molar-refractivity contribution in [1.82, 2.24) is 31.9 Å². The summed E-state index contributed by atoms with van der Waals surface area (Å²) in [4.78, 5) is 67.6. The predicted octanol–water partition coefficient (Wildman–Crippen LogP) is -10.7. The number of hydrogen-bond acceptors (Lipinski definition) is 28. The number of hydrogen-bond donors (Lipinski definition) is 22. The van der Waals surface area contributed by atoms with E-state index in [9.17, 15) is 79.8 Å². The molecule has 0 bridgehead atoms. The van der Waals surface area contributed by atoms with Gasteiger partial charge < -0.3 is 143 Å². The average Bonchev–Trinajstić information content (AvgIpc) is 3.46. The van der Waals surface area contributed by atoms with Crippen molar-refractivity contribution < 1.29 is 136 Å². The molecule has 34 nitrogen and oxygen atoms in total. The monoisotopic (exact) mass is 1330 g/mol. The Labute approximate surface area is 494 Å². The van der Waals surface area contributed by atoms with Crippen LogP contribution in [-0.4, -0.2) is 311 Å². The molecule has 36 heteroatoms. The quantitative estimate of drug-likeness (QED) is 0.0220. The summed E-state index contributed by atoms with van der Waals surface area (Å²) in [6, 6.07) is 0. The van der Waals surface area contributed by atoms with Crippen LogP contribution in [0.4, 0.5) is 4.70 Å². The molecule has 18 atom stereocenters. The minimum atomic E-state index is -1.81. The number of amides is 6. The maximum Gasteiger partial charge on any atom is 0.251 e. The Kier molecular flexibility index (Phi) is 50.6. The summed E-state index contributed by atoms with van der Waals surface area (Å²) in [6.07, 6.45) is -19.9. The van der Waals surface area contributed by atoms with Crippen molar-refractivity contribution in [3.8, 4) is 0 Å². The van der Waals surface area contributed by atoms with Crippen molar-refractivity contribution >= 4 is 59.4 Å². The second kappa shape index (κ2) is 48.8. The van der Waals surface area contributed by atoms with Crippen LogP contribution in [0.3, 0.4) is 0 Å². The van der Waals surface area contributed by atoms with Crippen molar-refractivity contribution in [2.45, 2.75) is 162 Å². The van der Waals surface area contributed by atoms with Gasteiger partial charge in [-0.2, -0.15) is 0 Å². The molecule has 82 heavy (non-hydrogen) atoms. The van der Waals surface area contributed by atoms with E-state index in [1.165, 1.54) is 28.4 Å². The first-order valence-corrected chi connectivity index (χ1v) is 25.6. The Morgan fingerprint density at radius 2 is 0.841 bits per heavy atom. The molecular formula is C46H98FIN8O26. The first-order valence-electron chi connectivity index (χ1n) is 25.6. The van der Waals surface area contributed by atoms with Crippen LogP contribution in [0.25, 0.3) is 0 Å². The third-order valence-corrected chi connectivity index (χ3v) is 11.9. The Bertz CT molecular complexity index is 1610. The van der Waals surface area contributed by atoms with Crippen LogP contribution in [0.2, 0.25) is 0 Å². The molecule has 24 N–H and O–H groups in total. The number of methoxy groups -OCH3 is 4. The molecule has 0 radical (unpaired) electrons. The smallest absolute Gasteiger partial charge is 0.251 e. The maximum atomic E-state index is 11.7. The van der Waals surface area contributed by atoms with E-state index in [-0.39, 0.29) is 88.5 Å².